The standard InChI is InChI=1S/C13H20N2O3/c1-15(9-13(17)6-2-3-7-13)12(16)11-5-4-10(8-14)18-11/h4-5,17H,2-3,6-9,14H2,1H3. The fourth-order valence-corrected chi connectivity index (χ4v) is 2.50. The number of furan rings is 1. The summed E-state index contributed by atoms with van der Waals surface area (Å²) in [6, 6.07) is 3.32. The first kappa shape index (κ1) is 13.1. The van der Waals surface area contributed by atoms with E-state index in [2.05, 4.69) is 0 Å². The molecule has 0 unspecified atom stereocenters. The van der Waals surface area contributed by atoms with Gasteiger partial charge in [-0.15, -0.1) is 0 Å². The minimum Gasteiger partial charge on any atom is -0.455 e. The molecular formula is C13H20N2O3. The molecule has 1 fully saturated rings. The molecule has 1 aromatic rings. The van der Waals surface area contributed by atoms with Crippen molar-refractivity contribution < 1.29 is 14.3 Å². The van der Waals surface area contributed by atoms with Crippen LogP contribution in [-0.2, 0) is 6.54 Å². The number of hydrogen-bond donors (Lipinski definition) is 2. The average molecular weight is 252 g/mol. The van der Waals surface area contributed by atoms with Crippen molar-refractivity contribution in [1.82, 2.24) is 4.90 Å². The van der Waals surface area contributed by atoms with Crippen molar-refractivity contribution >= 4 is 5.91 Å². The van der Waals surface area contributed by atoms with Crippen molar-refractivity contribution in [2.24, 2.45) is 5.73 Å². The minimum absolute atomic E-state index is 0.213. The third-order valence-electron chi connectivity index (χ3n) is 3.49. The normalized spacial score (nSPS) is 17.9. The van der Waals surface area contributed by atoms with Crippen LogP contribution in [0.3, 0.4) is 0 Å². The average Bonchev–Trinajstić information content (AvgIpc) is 2.96. The largest absolute Gasteiger partial charge is 0.455 e. The summed E-state index contributed by atoms with van der Waals surface area (Å²) in [6.45, 7) is 0.630. The molecule has 1 amide bonds. The maximum atomic E-state index is 12.1. The molecule has 1 aromatic heterocycles. The highest BCUT2D eigenvalue weighted by atomic mass is 16.4. The summed E-state index contributed by atoms with van der Waals surface area (Å²) >= 11 is 0. The molecule has 0 atom stereocenters. The van der Waals surface area contributed by atoms with Gasteiger partial charge >= 0.3 is 0 Å². The lowest BCUT2D eigenvalue weighted by molar-refractivity contribution is 0.0146. The van der Waals surface area contributed by atoms with Gasteiger partial charge in [0.2, 0.25) is 0 Å². The number of aliphatic hydroxyl groups is 1. The molecule has 5 nitrogen and oxygen atoms in total. The molecule has 1 aliphatic carbocycles. The van der Waals surface area contributed by atoms with E-state index in [1.165, 1.54) is 4.90 Å². The molecule has 0 saturated heterocycles. The highest BCUT2D eigenvalue weighted by Crippen LogP contribution is 2.30. The van der Waals surface area contributed by atoms with Gasteiger partial charge in [-0.25, -0.2) is 0 Å². The molecule has 100 valence electrons. The molecule has 5 heteroatoms. The summed E-state index contributed by atoms with van der Waals surface area (Å²) in [5.41, 5.74) is 4.71. The third kappa shape index (κ3) is 2.73. The van der Waals surface area contributed by atoms with Crippen LogP contribution >= 0.6 is 0 Å². The van der Waals surface area contributed by atoms with Crippen LogP contribution in [0.1, 0.15) is 42.0 Å². The number of amides is 1. The Morgan fingerprint density at radius 3 is 2.72 bits per heavy atom. The molecule has 1 heterocycles. The molecule has 0 aromatic carbocycles. The van der Waals surface area contributed by atoms with Crippen LogP contribution < -0.4 is 5.73 Å². The Morgan fingerprint density at radius 1 is 1.50 bits per heavy atom. The molecule has 0 radical (unpaired) electrons. The van der Waals surface area contributed by atoms with Crippen LogP contribution in [0.15, 0.2) is 16.5 Å². The number of hydrogen-bond acceptors (Lipinski definition) is 4. The number of rotatable bonds is 4. The zero-order chi connectivity index (χ0) is 13.2. The maximum Gasteiger partial charge on any atom is 0.289 e. The van der Waals surface area contributed by atoms with Gasteiger partial charge in [-0.3, -0.25) is 4.79 Å². The van der Waals surface area contributed by atoms with E-state index in [-0.39, 0.29) is 18.2 Å². The van der Waals surface area contributed by atoms with Gasteiger partial charge in [0.1, 0.15) is 5.76 Å². The molecular weight excluding hydrogens is 232 g/mol. The molecule has 2 rings (SSSR count). The van der Waals surface area contributed by atoms with Gasteiger partial charge in [0, 0.05) is 13.6 Å². The summed E-state index contributed by atoms with van der Waals surface area (Å²) in [5.74, 6) is 0.654. The van der Waals surface area contributed by atoms with E-state index in [0.717, 1.165) is 25.7 Å². The summed E-state index contributed by atoms with van der Waals surface area (Å²) < 4.78 is 5.32. The van der Waals surface area contributed by atoms with E-state index in [9.17, 15) is 9.90 Å². The molecule has 18 heavy (non-hydrogen) atoms. The van der Waals surface area contributed by atoms with E-state index in [1.807, 2.05) is 0 Å². The number of nitrogens with two attached hydrogens (primary N) is 1. The molecule has 0 aliphatic heterocycles. The second-order valence-electron chi connectivity index (χ2n) is 5.06. The van der Waals surface area contributed by atoms with E-state index >= 15 is 0 Å². The highest BCUT2D eigenvalue weighted by molar-refractivity contribution is 5.91. The van der Waals surface area contributed by atoms with E-state index in [0.29, 0.717) is 12.3 Å². The van der Waals surface area contributed by atoms with Crippen molar-refractivity contribution in [2.75, 3.05) is 13.6 Å². The van der Waals surface area contributed by atoms with Gasteiger partial charge in [0.15, 0.2) is 5.76 Å². The van der Waals surface area contributed by atoms with Crippen molar-refractivity contribution in [3.8, 4) is 0 Å². The zero-order valence-electron chi connectivity index (χ0n) is 10.7. The third-order valence-corrected chi connectivity index (χ3v) is 3.49. The minimum atomic E-state index is -0.728. The Balaban J connectivity index is 2.00. The van der Waals surface area contributed by atoms with Crippen LogP contribution in [0.25, 0.3) is 0 Å². The summed E-state index contributed by atoms with van der Waals surface area (Å²) in [7, 11) is 1.68. The topological polar surface area (TPSA) is 79.7 Å². The highest BCUT2D eigenvalue weighted by Gasteiger charge is 2.34. The fourth-order valence-electron chi connectivity index (χ4n) is 2.50. The Kier molecular flexibility index (Phi) is 3.73. The lowest BCUT2D eigenvalue weighted by Crippen LogP contribution is -2.41. The summed E-state index contributed by atoms with van der Waals surface area (Å²) in [4.78, 5) is 13.6. The van der Waals surface area contributed by atoms with E-state index in [1.54, 1.807) is 19.2 Å². The quantitative estimate of drug-likeness (QED) is 0.841. The summed E-state index contributed by atoms with van der Waals surface area (Å²) in [5, 5.41) is 10.3. The second kappa shape index (κ2) is 5.12. The molecule has 3 N–H and O–H groups in total. The van der Waals surface area contributed by atoms with Gasteiger partial charge in [-0.1, -0.05) is 12.8 Å². The van der Waals surface area contributed by atoms with Crippen molar-refractivity contribution in [3.05, 3.63) is 23.7 Å². The lowest BCUT2D eigenvalue weighted by Gasteiger charge is -2.28. The first-order chi connectivity index (χ1) is 8.54. The molecule has 0 spiro atoms. The van der Waals surface area contributed by atoms with Crippen LogP contribution in [0.2, 0.25) is 0 Å². The predicted octanol–water partition coefficient (Wildman–Crippen LogP) is 1.12. The lowest BCUT2D eigenvalue weighted by atomic mass is 10.0. The Morgan fingerprint density at radius 2 is 2.17 bits per heavy atom. The summed E-state index contributed by atoms with van der Waals surface area (Å²) in [6.07, 6.45) is 3.57. The Hall–Kier alpha value is -1.33. The second-order valence-corrected chi connectivity index (χ2v) is 5.06. The first-order valence-electron chi connectivity index (χ1n) is 6.31. The van der Waals surface area contributed by atoms with E-state index < -0.39 is 5.60 Å². The van der Waals surface area contributed by atoms with Crippen molar-refractivity contribution in [3.63, 3.8) is 0 Å². The van der Waals surface area contributed by atoms with Gasteiger partial charge in [0.05, 0.1) is 12.1 Å². The van der Waals surface area contributed by atoms with Gasteiger partial charge in [-0.05, 0) is 25.0 Å². The van der Waals surface area contributed by atoms with Gasteiger partial charge < -0.3 is 20.2 Å². The Labute approximate surface area is 107 Å². The van der Waals surface area contributed by atoms with Crippen LogP contribution in [0.5, 0.6) is 0 Å². The smallest absolute Gasteiger partial charge is 0.289 e. The molecule has 1 aliphatic rings. The van der Waals surface area contributed by atoms with Crippen LogP contribution in [-0.4, -0.2) is 35.1 Å². The number of carbonyl (C=O) groups is 1. The van der Waals surface area contributed by atoms with Crippen LogP contribution in [0, 0.1) is 0 Å². The Bertz CT molecular complexity index is 422. The van der Waals surface area contributed by atoms with Gasteiger partial charge in [0.25, 0.3) is 5.91 Å². The SMILES string of the molecule is CN(CC1(O)CCCC1)C(=O)c1ccc(CN)o1. The monoisotopic (exact) mass is 252 g/mol. The molecule has 0 bridgehead atoms. The van der Waals surface area contributed by atoms with Crippen LogP contribution in [0.4, 0.5) is 0 Å². The molecule has 1 saturated carbocycles. The number of nitrogens with zero attached hydrogens (tertiary/aromatic N) is 1. The number of likely N-dealkylation sites (N-methyl/N-ethyl adjacent to an activating group) is 1. The van der Waals surface area contributed by atoms with E-state index in [4.69, 9.17) is 10.2 Å². The fraction of sp³-hybridized carbons (Fsp3) is 0.615. The number of carbonyl (C=O) groups excluding carboxylic acids is 1. The maximum absolute atomic E-state index is 12.1. The first-order valence-corrected chi connectivity index (χ1v) is 6.31. The van der Waals surface area contributed by atoms with Gasteiger partial charge in [-0.2, -0.15) is 0 Å². The van der Waals surface area contributed by atoms with Crippen molar-refractivity contribution in [1.29, 1.82) is 0 Å². The van der Waals surface area contributed by atoms with Crippen molar-refractivity contribution in [2.45, 2.75) is 37.8 Å². The zero-order valence-corrected chi connectivity index (χ0v) is 10.7. The predicted molar refractivity (Wildman–Crippen MR) is 67.0 cm³/mol.